The van der Waals surface area contributed by atoms with E-state index in [1.54, 1.807) is 12.4 Å². The van der Waals surface area contributed by atoms with E-state index < -0.39 is 0 Å². The number of aromatic nitrogens is 2. The van der Waals surface area contributed by atoms with Crippen molar-refractivity contribution in [3.63, 3.8) is 0 Å². The van der Waals surface area contributed by atoms with Crippen LogP contribution >= 0.6 is 0 Å². The van der Waals surface area contributed by atoms with Crippen molar-refractivity contribution in [1.29, 1.82) is 0 Å². The van der Waals surface area contributed by atoms with E-state index in [0.717, 1.165) is 16.6 Å². The molecule has 2 aromatic rings. The first-order valence-corrected chi connectivity index (χ1v) is 4.96. The Morgan fingerprint density at radius 2 is 2.13 bits per heavy atom. The van der Waals surface area contributed by atoms with Gasteiger partial charge in [0.1, 0.15) is 0 Å². The first-order valence-electron chi connectivity index (χ1n) is 4.96. The molecule has 0 fully saturated rings. The first-order chi connectivity index (χ1) is 7.16. The van der Waals surface area contributed by atoms with Crippen molar-refractivity contribution in [1.82, 2.24) is 9.55 Å². The molecule has 4 nitrogen and oxygen atoms in total. The Balaban J connectivity index is 2.81. The third-order valence-corrected chi connectivity index (χ3v) is 2.89. The van der Waals surface area contributed by atoms with E-state index in [4.69, 9.17) is 10.8 Å². The van der Waals surface area contributed by atoms with Gasteiger partial charge in [-0.25, -0.2) is 0 Å². The summed E-state index contributed by atoms with van der Waals surface area (Å²) in [4.78, 5) is 4.08. The molecule has 0 unspecified atom stereocenters. The van der Waals surface area contributed by atoms with Crippen LogP contribution in [0.5, 0.6) is 0 Å². The highest BCUT2D eigenvalue weighted by molar-refractivity contribution is 5.94. The number of hydrogen-bond donors (Lipinski definition) is 2. The molecule has 2 rings (SSSR count). The minimum Gasteiger partial charge on any atom is -0.397 e. The number of fused-ring (bicyclic) bond motifs is 1. The number of hydrogen-bond acceptors (Lipinski definition) is 3. The van der Waals surface area contributed by atoms with Crippen LogP contribution in [0.1, 0.15) is 11.3 Å². The predicted octanol–water partition coefficient (Wildman–Crippen LogP) is 1.23. The number of aliphatic hydroxyl groups is 1. The van der Waals surface area contributed by atoms with Gasteiger partial charge in [0.2, 0.25) is 0 Å². The second-order valence-electron chi connectivity index (χ2n) is 3.71. The van der Waals surface area contributed by atoms with Gasteiger partial charge >= 0.3 is 0 Å². The van der Waals surface area contributed by atoms with Gasteiger partial charge in [0, 0.05) is 17.6 Å². The molecule has 0 aromatic carbocycles. The molecule has 15 heavy (non-hydrogen) atoms. The lowest BCUT2D eigenvalue weighted by Crippen LogP contribution is -2.03. The lowest BCUT2D eigenvalue weighted by Gasteiger charge is -2.05. The van der Waals surface area contributed by atoms with Gasteiger partial charge in [-0.1, -0.05) is 0 Å². The van der Waals surface area contributed by atoms with Crippen molar-refractivity contribution in [2.45, 2.75) is 20.4 Å². The third kappa shape index (κ3) is 1.37. The lowest BCUT2D eigenvalue weighted by atomic mass is 10.2. The SMILES string of the molecule is Cc1c(C)n(CCO)c2cncc(N)c12. The Morgan fingerprint density at radius 1 is 1.40 bits per heavy atom. The minimum absolute atomic E-state index is 0.124. The van der Waals surface area contributed by atoms with Gasteiger partial charge in [0.05, 0.1) is 30.2 Å². The number of anilines is 1. The van der Waals surface area contributed by atoms with Crippen LogP contribution in [-0.4, -0.2) is 21.3 Å². The van der Waals surface area contributed by atoms with Crippen LogP contribution in [0.25, 0.3) is 10.9 Å². The van der Waals surface area contributed by atoms with Crippen LogP contribution in [0, 0.1) is 13.8 Å². The molecule has 0 aliphatic carbocycles. The number of pyridine rings is 1. The number of aryl methyl sites for hydroxylation is 1. The van der Waals surface area contributed by atoms with Crippen molar-refractivity contribution < 1.29 is 5.11 Å². The van der Waals surface area contributed by atoms with Gasteiger partial charge < -0.3 is 15.4 Å². The third-order valence-electron chi connectivity index (χ3n) is 2.89. The Bertz CT molecular complexity index is 502. The molecule has 0 saturated carbocycles. The lowest BCUT2D eigenvalue weighted by molar-refractivity contribution is 0.277. The molecule has 0 bridgehead atoms. The maximum Gasteiger partial charge on any atom is 0.0693 e. The van der Waals surface area contributed by atoms with E-state index in [9.17, 15) is 0 Å². The second-order valence-corrected chi connectivity index (χ2v) is 3.71. The summed E-state index contributed by atoms with van der Waals surface area (Å²) in [5.74, 6) is 0. The number of nitrogens with two attached hydrogens (primary N) is 1. The summed E-state index contributed by atoms with van der Waals surface area (Å²) in [6, 6.07) is 0. The van der Waals surface area contributed by atoms with Crippen molar-refractivity contribution in [3.8, 4) is 0 Å². The highest BCUT2D eigenvalue weighted by Gasteiger charge is 2.12. The Morgan fingerprint density at radius 3 is 2.80 bits per heavy atom. The van der Waals surface area contributed by atoms with Crippen LogP contribution in [0.2, 0.25) is 0 Å². The normalized spacial score (nSPS) is 11.1. The monoisotopic (exact) mass is 205 g/mol. The van der Waals surface area contributed by atoms with Gasteiger partial charge in [0.15, 0.2) is 0 Å². The van der Waals surface area contributed by atoms with Gasteiger partial charge in [-0.15, -0.1) is 0 Å². The molecule has 2 heterocycles. The fourth-order valence-electron chi connectivity index (χ4n) is 2.03. The summed E-state index contributed by atoms with van der Waals surface area (Å²) in [6.07, 6.45) is 3.46. The summed E-state index contributed by atoms with van der Waals surface area (Å²) in [5, 5.41) is 10.1. The second kappa shape index (κ2) is 3.55. The quantitative estimate of drug-likeness (QED) is 0.775. The number of nitrogens with zero attached hydrogens (tertiary/aromatic N) is 2. The molecular formula is C11H15N3O. The topological polar surface area (TPSA) is 64.1 Å². The molecule has 0 spiro atoms. The molecule has 3 N–H and O–H groups in total. The van der Waals surface area contributed by atoms with Gasteiger partial charge in [-0.2, -0.15) is 0 Å². The molecule has 0 aliphatic rings. The maximum atomic E-state index is 9.01. The largest absolute Gasteiger partial charge is 0.397 e. The zero-order valence-electron chi connectivity index (χ0n) is 8.99. The standard InChI is InChI=1S/C11H15N3O/c1-7-8(2)14(3-4-15)10-6-13-5-9(12)11(7)10/h5-6,15H,3-4,12H2,1-2H3. The van der Waals surface area contributed by atoms with E-state index in [1.165, 1.54) is 5.56 Å². The van der Waals surface area contributed by atoms with E-state index in [-0.39, 0.29) is 6.61 Å². The van der Waals surface area contributed by atoms with Gasteiger partial charge in [-0.3, -0.25) is 4.98 Å². The van der Waals surface area contributed by atoms with Crippen LogP contribution in [-0.2, 0) is 6.54 Å². The minimum atomic E-state index is 0.124. The van der Waals surface area contributed by atoms with Gasteiger partial charge in [0.25, 0.3) is 0 Å². The molecule has 0 atom stereocenters. The van der Waals surface area contributed by atoms with E-state index in [0.29, 0.717) is 12.2 Å². The fraction of sp³-hybridized carbons (Fsp3) is 0.364. The molecule has 0 radical (unpaired) electrons. The number of aliphatic hydroxyl groups excluding tert-OH is 1. The van der Waals surface area contributed by atoms with E-state index in [1.807, 2.05) is 18.4 Å². The summed E-state index contributed by atoms with van der Waals surface area (Å²) < 4.78 is 2.05. The Hall–Kier alpha value is -1.55. The zero-order valence-corrected chi connectivity index (χ0v) is 8.99. The summed E-state index contributed by atoms with van der Waals surface area (Å²) in [5.41, 5.74) is 9.90. The van der Waals surface area contributed by atoms with Crippen molar-refractivity contribution >= 4 is 16.6 Å². The highest BCUT2D eigenvalue weighted by atomic mass is 16.3. The average molecular weight is 205 g/mol. The smallest absolute Gasteiger partial charge is 0.0693 e. The summed E-state index contributed by atoms with van der Waals surface area (Å²) >= 11 is 0. The molecule has 0 amide bonds. The molecular weight excluding hydrogens is 190 g/mol. The molecule has 80 valence electrons. The van der Waals surface area contributed by atoms with Crippen molar-refractivity contribution in [2.75, 3.05) is 12.3 Å². The zero-order chi connectivity index (χ0) is 11.0. The predicted molar refractivity (Wildman–Crippen MR) is 60.7 cm³/mol. The molecule has 2 aromatic heterocycles. The van der Waals surface area contributed by atoms with Crippen molar-refractivity contribution in [2.24, 2.45) is 0 Å². The summed E-state index contributed by atoms with van der Waals surface area (Å²) in [6.45, 7) is 4.78. The molecule has 4 heteroatoms. The van der Waals surface area contributed by atoms with Crippen LogP contribution in [0.3, 0.4) is 0 Å². The number of rotatable bonds is 2. The van der Waals surface area contributed by atoms with E-state index >= 15 is 0 Å². The number of nitrogen functional groups attached to an aromatic ring is 1. The Labute approximate surface area is 88.3 Å². The molecule has 0 aliphatic heterocycles. The average Bonchev–Trinajstić information content (AvgIpc) is 2.45. The van der Waals surface area contributed by atoms with E-state index in [2.05, 4.69) is 4.98 Å². The molecule has 0 saturated heterocycles. The van der Waals surface area contributed by atoms with Gasteiger partial charge in [-0.05, 0) is 19.4 Å². The van der Waals surface area contributed by atoms with Crippen LogP contribution in [0.15, 0.2) is 12.4 Å². The van der Waals surface area contributed by atoms with Crippen LogP contribution in [0.4, 0.5) is 5.69 Å². The van der Waals surface area contributed by atoms with Crippen LogP contribution < -0.4 is 5.73 Å². The van der Waals surface area contributed by atoms with Crippen molar-refractivity contribution in [3.05, 3.63) is 23.7 Å². The first kappa shape index (κ1) is 9.98. The maximum absolute atomic E-state index is 9.01. The fourth-order valence-corrected chi connectivity index (χ4v) is 2.03. The summed E-state index contributed by atoms with van der Waals surface area (Å²) in [7, 11) is 0. The Kier molecular flexibility index (Phi) is 2.36. The highest BCUT2D eigenvalue weighted by Crippen LogP contribution is 2.28.